The Balaban J connectivity index is 2.13. The van der Waals surface area contributed by atoms with Gasteiger partial charge in [0, 0.05) is 16.6 Å². The molecule has 0 radical (unpaired) electrons. The lowest BCUT2D eigenvalue weighted by Gasteiger charge is -2.09. The van der Waals surface area contributed by atoms with E-state index in [0.29, 0.717) is 21.9 Å². The fourth-order valence-electron chi connectivity index (χ4n) is 2.12. The Hall–Kier alpha value is -2.14. The predicted molar refractivity (Wildman–Crippen MR) is 76.1 cm³/mol. The molecule has 0 aliphatic carbocycles. The van der Waals surface area contributed by atoms with Crippen molar-refractivity contribution >= 4 is 28.3 Å². The van der Waals surface area contributed by atoms with Gasteiger partial charge in [-0.25, -0.2) is 0 Å². The Morgan fingerprint density at radius 1 is 1.05 bits per heavy atom. The van der Waals surface area contributed by atoms with E-state index in [1.165, 1.54) is 6.07 Å². The molecule has 0 fully saturated rings. The molecule has 3 rings (SSSR count). The van der Waals surface area contributed by atoms with E-state index in [2.05, 4.69) is 0 Å². The summed E-state index contributed by atoms with van der Waals surface area (Å²) in [6.45, 7) is 0. The molecule has 2 nitrogen and oxygen atoms in total. The Bertz CT molecular complexity index is 823. The van der Waals surface area contributed by atoms with Gasteiger partial charge in [0.05, 0.1) is 10.6 Å². The van der Waals surface area contributed by atoms with Gasteiger partial charge in [0.25, 0.3) is 0 Å². The van der Waals surface area contributed by atoms with Gasteiger partial charge in [-0.2, -0.15) is 13.2 Å². The molecule has 6 heteroatoms. The van der Waals surface area contributed by atoms with Crippen molar-refractivity contribution in [3.63, 3.8) is 0 Å². The zero-order valence-electron chi connectivity index (χ0n) is 10.5. The minimum atomic E-state index is -4.43. The van der Waals surface area contributed by atoms with Crippen molar-refractivity contribution in [1.29, 1.82) is 0 Å². The van der Waals surface area contributed by atoms with Crippen molar-refractivity contribution in [2.24, 2.45) is 0 Å². The van der Waals surface area contributed by atoms with E-state index in [0.717, 1.165) is 17.5 Å². The largest absolute Gasteiger partial charge is 0.454 e. The molecule has 0 bridgehead atoms. The summed E-state index contributed by atoms with van der Waals surface area (Å²) in [5, 5.41) is 1.20. The van der Waals surface area contributed by atoms with Crippen LogP contribution < -0.4 is 5.73 Å². The normalized spacial score (nSPS) is 12.0. The number of hydrogen-bond donors (Lipinski definition) is 1. The molecule has 0 aliphatic heterocycles. The lowest BCUT2D eigenvalue weighted by Crippen LogP contribution is -2.05. The van der Waals surface area contributed by atoms with E-state index in [4.69, 9.17) is 21.8 Å². The van der Waals surface area contributed by atoms with Crippen molar-refractivity contribution < 1.29 is 17.6 Å². The van der Waals surface area contributed by atoms with Crippen molar-refractivity contribution in [2.45, 2.75) is 6.18 Å². The summed E-state index contributed by atoms with van der Waals surface area (Å²) in [5.41, 5.74) is 5.80. The molecule has 1 heterocycles. The molecule has 0 amide bonds. The summed E-state index contributed by atoms with van der Waals surface area (Å²) in [4.78, 5) is 0. The van der Waals surface area contributed by atoms with Gasteiger partial charge in [0.15, 0.2) is 5.58 Å². The number of hydrogen-bond acceptors (Lipinski definition) is 2. The van der Waals surface area contributed by atoms with E-state index in [1.54, 1.807) is 24.3 Å². The Morgan fingerprint density at radius 3 is 2.43 bits per heavy atom. The first-order valence-corrected chi connectivity index (χ1v) is 6.39. The number of furan rings is 1. The van der Waals surface area contributed by atoms with E-state index in [1.807, 2.05) is 0 Å². The standard InChI is InChI=1S/C15H9ClF3NO/c16-11-3-1-2-8-6-13(21-14(8)11)10-5-4-9(7-12(10)20)15(17,18)19/h1-7H,20H2. The zero-order chi connectivity index (χ0) is 15.2. The van der Waals surface area contributed by atoms with Crippen molar-refractivity contribution in [2.75, 3.05) is 5.73 Å². The Labute approximate surface area is 122 Å². The van der Waals surface area contributed by atoms with Crippen LogP contribution in [0.3, 0.4) is 0 Å². The average Bonchev–Trinajstić information content (AvgIpc) is 2.82. The molecule has 0 saturated carbocycles. The second-order valence-corrected chi connectivity index (χ2v) is 4.98. The summed E-state index contributed by atoms with van der Waals surface area (Å²) in [5.74, 6) is 0.379. The highest BCUT2D eigenvalue weighted by Gasteiger charge is 2.31. The number of benzene rings is 2. The highest BCUT2D eigenvalue weighted by Crippen LogP contribution is 2.37. The van der Waals surface area contributed by atoms with Crippen molar-refractivity contribution in [3.05, 3.63) is 53.1 Å². The molecule has 3 aromatic rings. The van der Waals surface area contributed by atoms with E-state index >= 15 is 0 Å². The third kappa shape index (κ3) is 2.45. The van der Waals surface area contributed by atoms with Gasteiger partial charge < -0.3 is 10.2 Å². The van der Waals surface area contributed by atoms with E-state index in [-0.39, 0.29) is 5.69 Å². The van der Waals surface area contributed by atoms with Crippen LogP contribution in [0.15, 0.2) is 46.9 Å². The predicted octanol–water partition coefficient (Wildman–Crippen LogP) is 5.35. The van der Waals surface area contributed by atoms with Crippen LogP contribution in [0.4, 0.5) is 18.9 Å². The van der Waals surface area contributed by atoms with E-state index in [9.17, 15) is 13.2 Å². The SMILES string of the molecule is Nc1cc(C(F)(F)F)ccc1-c1cc2cccc(Cl)c2o1. The molecule has 2 aromatic carbocycles. The number of alkyl halides is 3. The van der Waals surface area contributed by atoms with Gasteiger partial charge in [0.1, 0.15) is 5.76 Å². The minimum Gasteiger partial charge on any atom is -0.454 e. The number of halogens is 4. The number of nitrogen functional groups attached to an aromatic ring is 1. The van der Waals surface area contributed by atoms with Gasteiger partial charge in [-0.15, -0.1) is 0 Å². The summed E-state index contributed by atoms with van der Waals surface area (Å²) < 4.78 is 43.5. The highest BCUT2D eigenvalue weighted by atomic mass is 35.5. The van der Waals surface area contributed by atoms with Crippen molar-refractivity contribution in [1.82, 2.24) is 0 Å². The first-order valence-electron chi connectivity index (χ1n) is 6.01. The van der Waals surface area contributed by atoms with Gasteiger partial charge in [-0.1, -0.05) is 23.7 Å². The third-order valence-corrected chi connectivity index (χ3v) is 3.44. The smallest absolute Gasteiger partial charge is 0.416 e. The monoisotopic (exact) mass is 311 g/mol. The average molecular weight is 312 g/mol. The van der Waals surface area contributed by atoms with Crippen molar-refractivity contribution in [3.8, 4) is 11.3 Å². The highest BCUT2D eigenvalue weighted by molar-refractivity contribution is 6.34. The third-order valence-electron chi connectivity index (χ3n) is 3.14. The van der Waals surface area contributed by atoms with Gasteiger partial charge >= 0.3 is 6.18 Å². The topological polar surface area (TPSA) is 39.2 Å². The maximum atomic E-state index is 12.6. The molecular formula is C15H9ClF3NO. The van der Waals surface area contributed by atoms with Crippen LogP contribution in [0.5, 0.6) is 0 Å². The second kappa shape index (κ2) is 4.70. The van der Waals surface area contributed by atoms with Crippen LogP contribution >= 0.6 is 11.6 Å². The molecule has 21 heavy (non-hydrogen) atoms. The number of fused-ring (bicyclic) bond motifs is 1. The number of anilines is 1. The quantitative estimate of drug-likeness (QED) is 0.615. The van der Waals surface area contributed by atoms with Crippen LogP contribution in [-0.2, 0) is 6.18 Å². The maximum absolute atomic E-state index is 12.6. The van der Waals surface area contributed by atoms with Gasteiger partial charge in [0.2, 0.25) is 0 Å². The molecule has 0 unspecified atom stereocenters. The van der Waals surface area contributed by atoms with Crippen LogP contribution in [0.25, 0.3) is 22.3 Å². The summed E-state index contributed by atoms with van der Waals surface area (Å²) in [7, 11) is 0. The Morgan fingerprint density at radius 2 is 1.81 bits per heavy atom. The van der Waals surface area contributed by atoms with Crippen LogP contribution in [0.1, 0.15) is 5.56 Å². The fourth-order valence-corrected chi connectivity index (χ4v) is 2.34. The molecule has 0 atom stereocenters. The lowest BCUT2D eigenvalue weighted by molar-refractivity contribution is -0.137. The lowest BCUT2D eigenvalue weighted by atomic mass is 10.1. The molecule has 0 saturated heterocycles. The fraction of sp³-hybridized carbons (Fsp3) is 0.0667. The first-order chi connectivity index (χ1) is 9.86. The number of nitrogens with two attached hydrogens (primary N) is 1. The van der Waals surface area contributed by atoms with E-state index < -0.39 is 11.7 Å². The summed E-state index contributed by atoms with van der Waals surface area (Å²) in [6, 6.07) is 10.1. The number of para-hydroxylation sites is 1. The number of rotatable bonds is 1. The molecule has 0 spiro atoms. The molecule has 1 aromatic heterocycles. The first kappa shape index (κ1) is 13.8. The molecule has 2 N–H and O–H groups in total. The molecular weight excluding hydrogens is 303 g/mol. The van der Waals surface area contributed by atoms with Crippen LogP contribution in [0, 0.1) is 0 Å². The van der Waals surface area contributed by atoms with Gasteiger partial charge in [-0.05, 0) is 30.3 Å². The molecule has 108 valence electrons. The minimum absolute atomic E-state index is 0.00000331. The van der Waals surface area contributed by atoms with Crippen LogP contribution in [0.2, 0.25) is 5.02 Å². The second-order valence-electron chi connectivity index (χ2n) is 4.57. The van der Waals surface area contributed by atoms with Crippen LogP contribution in [-0.4, -0.2) is 0 Å². The summed E-state index contributed by atoms with van der Waals surface area (Å²) in [6.07, 6.45) is -4.43. The van der Waals surface area contributed by atoms with Gasteiger partial charge in [-0.3, -0.25) is 0 Å². The zero-order valence-corrected chi connectivity index (χ0v) is 11.3. The molecule has 0 aliphatic rings. The Kier molecular flexibility index (Phi) is 3.10. The maximum Gasteiger partial charge on any atom is 0.416 e. The summed E-state index contributed by atoms with van der Waals surface area (Å²) >= 11 is 6.01.